The predicted molar refractivity (Wildman–Crippen MR) is 133 cm³/mol. The summed E-state index contributed by atoms with van der Waals surface area (Å²) in [6.45, 7) is 2.64. The standard InChI is InChI=1S/C20H23N5O4S2.C2HF3O2/c1-29-16-5-2-4-15(14-16)24-10-12-25(13-11-24)19(26)8-9-21-31(27,28)18-7-3-6-17-20(18)23-30-22-17;3-2(4,5)1(6)7/h2-7,14,21H,8-13H2,1H3;(H,6,7). The van der Waals surface area contributed by atoms with E-state index < -0.39 is 22.2 Å². The predicted octanol–water partition coefficient (Wildman–Crippen LogP) is 2.35. The Morgan fingerprint density at radius 2 is 1.76 bits per heavy atom. The van der Waals surface area contributed by atoms with Gasteiger partial charge >= 0.3 is 12.1 Å². The van der Waals surface area contributed by atoms with Crippen LogP contribution >= 0.6 is 11.7 Å². The maximum atomic E-state index is 12.6. The lowest BCUT2D eigenvalue weighted by Crippen LogP contribution is -2.49. The van der Waals surface area contributed by atoms with Gasteiger partial charge in [0.25, 0.3) is 0 Å². The Labute approximate surface area is 220 Å². The Balaban J connectivity index is 0.000000505. The van der Waals surface area contributed by atoms with Crippen molar-refractivity contribution >= 4 is 50.3 Å². The molecule has 206 valence electrons. The van der Waals surface area contributed by atoms with E-state index in [0.717, 1.165) is 23.2 Å². The highest BCUT2D eigenvalue weighted by molar-refractivity contribution is 7.89. The summed E-state index contributed by atoms with van der Waals surface area (Å²) in [7, 11) is -2.13. The van der Waals surface area contributed by atoms with E-state index in [2.05, 4.69) is 18.4 Å². The fourth-order valence-electron chi connectivity index (χ4n) is 3.55. The van der Waals surface area contributed by atoms with Crippen LogP contribution in [0.5, 0.6) is 5.75 Å². The van der Waals surface area contributed by atoms with Crippen molar-refractivity contribution in [3.05, 3.63) is 42.5 Å². The van der Waals surface area contributed by atoms with Crippen molar-refractivity contribution in [3.8, 4) is 5.75 Å². The number of aromatic nitrogens is 2. The van der Waals surface area contributed by atoms with E-state index >= 15 is 0 Å². The number of benzene rings is 2. The number of aliphatic carboxylic acids is 1. The molecule has 0 bridgehead atoms. The Kier molecular flexibility index (Phi) is 9.45. The van der Waals surface area contributed by atoms with Gasteiger partial charge in [-0.25, -0.2) is 17.9 Å². The summed E-state index contributed by atoms with van der Waals surface area (Å²) in [5.74, 6) is -2.03. The van der Waals surface area contributed by atoms with Crippen LogP contribution in [-0.4, -0.2) is 85.1 Å². The van der Waals surface area contributed by atoms with E-state index in [1.54, 1.807) is 24.1 Å². The van der Waals surface area contributed by atoms with Gasteiger partial charge in [0.1, 0.15) is 21.7 Å². The number of ether oxygens (including phenoxy) is 1. The van der Waals surface area contributed by atoms with Crippen LogP contribution in [0.1, 0.15) is 6.42 Å². The summed E-state index contributed by atoms with van der Waals surface area (Å²) in [6, 6.07) is 12.7. The third kappa shape index (κ3) is 7.52. The van der Waals surface area contributed by atoms with E-state index in [1.807, 2.05) is 24.3 Å². The molecule has 2 aromatic carbocycles. The average Bonchev–Trinajstić information content (AvgIpc) is 3.37. The first-order valence-electron chi connectivity index (χ1n) is 11.1. The van der Waals surface area contributed by atoms with Crippen molar-refractivity contribution in [2.75, 3.05) is 44.7 Å². The molecule has 0 aliphatic carbocycles. The molecule has 2 heterocycles. The Morgan fingerprint density at radius 1 is 1.11 bits per heavy atom. The summed E-state index contributed by atoms with van der Waals surface area (Å²) < 4.78 is 72.9. The first kappa shape index (κ1) is 29.1. The van der Waals surface area contributed by atoms with Gasteiger partial charge in [0.05, 0.1) is 18.8 Å². The summed E-state index contributed by atoms with van der Waals surface area (Å²) >= 11 is 0.967. The van der Waals surface area contributed by atoms with Crippen molar-refractivity contribution in [1.29, 1.82) is 0 Å². The monoisotopic (exact) mass is 575 g/mol. The molecule has 1 aromatic heterocycles. The van der Waals surface area contributed by atoms with Crippen molar-refractivity contribution < 1.29 is 41.0 Å². The first-order valence-corrected chi connectivity index (χ1v) is 13.3. The second-order valence-corrected chi connectivity index (χ2v) is 10.2. The van der Waals surface area contributed by atoms with Crippen LogP contribution in [0.25, 0.3) is 11.0 Å². The van der Waals surface area contributed by atoms with Crippen molar-refractivity contribution in [2.45, 2.75) is 17.5 Å². The molecule has 1 saturated heterocycles. The number of alkyl halides is 3. The number of carboxylic acids is 1. The third-order valence-corrected chi connectivity index (χ3v) is 7.50. The molecule has 11 nitrogen and oxygen atoms in total. The molecule has 0 radical (unpaired) electrons. The van der Waals surface area contributed by atoms with Crippen LogP contribution in [0.4, 0.5) is 18.9 Å². The molecule has 0 unspecified atom stereocenters. The number of fused-ring (bicyclic) bond motifs is 1. The molecule has 3 aromatic rings. The number of nitrogens with zero attached hydrogens (tertiary/aromatic N) is 4. The number of nitrogens with one attached hydrogen (secondary N) is 1. The number of hydrogen-bond acceptors (Lipinski definition) is 9. The molecular weight excluding hydrogens is 551 g/mol. The molecule has 4 rings (SSSR count). The van der Waals surface area contributed by atoms with E-state index in [4.69, 9.17) is 14.6 Å². The number of carbonyl (C=O) groups is 2. The van der Waals surface area contributed by atoms with E-state index in [-0.39, 0.29) is 23.8 Å². The fraction of sp³-hybridized carbons (Fsp3) is 0.364. The first-order chi connectivity index (χ1) is 17.9. The van der Waals surface area contributed by atoms with Gasteiger partial charge in [0, 0.05) is 50.9 Å². The minimum absolute atomic E-state index is 0.0330. The molecule has 16 heteroatoms. The minimum Gasteiger partial charge on any atom is -0.497 e. The highest BCUT2D eigenvalue weighted by atomic mass is 32.2. The van der Waals surface area contributed by atoms with E-state index in [1.165, 1.54) is 6.07 Å². The quantitative estimate of drug-likeness (QED) is 0.434. The van der Waals surface area contributed by atoms with Crippen LogP contribution < -0.4 is 14.4 Å². The zero-order valence-electron chi connectivity index (χ0n) is 20.0. The lowest BCUT2D eigenvalue weighted by molar-refractivity contribution is -0.192. The maximum absolute atomic E-state index is 12.6. The van der Waals surface area contributed by atoms with Crippen molar-refractivity contribution in [1.82, 2.24) is 18.4 Å². The van der Waals surface area contributed by atoms with Crippen LogP contribution in [0.3, 0.4) is 0 Å². The Morgan fingerprint density at radius 3 is 2.39 bits per heavy atom. The van der Waals surface area contributed by atoms with Crippen molar-refractivity contribution in [3.63, 3.8) is 0 Å². The third-order valence-electron chi connectivity index (χ3n) is 5.46. The maximum Gasteiger partial charge on any atom is 0.490 e. The summed E-state index contributed by atoms with van der Waals surface area (Å²) in [5, 5.41) is 7.12. The van der Waals surface area contributed by atoms with E-state index in [9.17, 15) is 26.4 Å². The minimum atomic E-state index is -5.08. The van der Waals surface area contributed by atoms with Crippen LogP contribution in [0.2, 0.25) is 0 Å². The number of carbonyl (C=O) groups excluding carboxylic acids is 1. The van der Waals surface area contributed by atoms with Crippen LogP contribution in [-0.2, 0) is 19.6 Å². The van der Waals surface area contributed by atoms with Crippen LogP contribution in [0.15, 0.2) is 47.4 Å². The number of rotatable bonds is 7. The Hall–Kier alpha value is -3.50. The second kappa shape index (κ2) is 12.4. The van der Waals surface area contributed by atoms with E-state index in [0.29, 0.717) is 37.2 Å². The van der Waals surface area contributed by atoms with Gasteiger partial charge in [-0.3, -0.25) is 4.79 Å². The zero-order chi connectivity index (χ0) is 27.9. The summed E-state index contributed by atoms with van der Waals surface area (Å²) in [6.07, 6.45) is -4.98. The second-order valence-electron chi connectivity index (χ2n) is 7.91. The number of hydrogen-bond donors (Lipinski definition) is 2. The average molecular weight is 576 g/mol. The lowest BCUT2D eigenvalue weighted by atomic mass is 10.2. The van der Waals surface area contributed by atoms with Gasteiger partial charge in [-0.2, -0.15) is 21.9 Å². The highest BCUT2D eigenvalue weighted by Crippen LogP contribution is 2.23. The number of anilines is 1. The topological polar surface area (TPSA) is 142 Å². The van der Waals surface area contributed by atoms with Gasteiger partial charge in [-0.15, -0.1) is 0 Å². The molecule has 0 spiro atoms. The molecule has 1 aliphatic heterocycles. The molecule has 1 amide bonds. The molecule has 1 fully saturated rings. The molecular formula is C22H24F3N5O6S2. The fourth-order valence-corrected chi connectivity index (χ4v) is 5.34. The normalized spacial score (nSPS) is 14.1. The lowest BCUT2D eigenvalue weighted by Gasteiger charge is -2.36. The summed E-state index contributed by atoms with van der Waals surface area (Å²) in [4.78, 5) is 25.5. The number of amides is 1. The Bertz CT molecular complexity index is 1380. The number of methoxy groups -OCH3 is 1. The molecule has 2 N–H and O–H groups in total. The van der Waals surface area contributed by atoms with Gasteiger partial charge < -0.3 is 19.6 Å². The molecule has 1 aliphatic rings. The van der Waals surface area contributed by atoms with Gasteiger partial charge in [-0.1, -0.05) is 12.1 Å². The van der Waals surface area contributed by atoms with Crippen LogP contribution in [0, 0.1) is 0 Å². The summed E-state index contributed by atoms with van der Waals surface area (Å²) in [5.41, 5.74) is 1.95. The SMILES string of the molecule is COc1cccc(N2CCN(C(=O)CCNS(=O)(=O)c3cccc4nsnc34)CC2)c1.O=C(O)C(F)(F)F. The zero-order valence-corrected chi connectivity index (χ0v) is 21.6. The molecule has 0 atom stereocenters. The van der Waals surface area contributed by atoms with Gasteiger partial charge in [0.2, 0.25) is 15.9 Å². The number of sulfonamides is 1. The molecule has 38 heavy (non-hydrogen) atoms. The molecule has 0 saturated carbocycles. The smallest absolute Gasteiger partial charge is 0.490 e. The highest BCUT2D eigenvalue weighted by Gasteiger charge is 2.38. The largest absolute Gasteiger partial charge is 0.497 e. The van der Waals surface area contributed by atoms with Gasteiger partial charge in [0.15, 0.2) is 0 Å². The van der Waals surface area contributed by atoms with Crippen molar-refractivity contribution in [2.24, 2.45) is 0 Å². The van der Waals surface area contributed by atoms with Gasteiger partial charge in [-0.05, 0) is 24.3 Å². The number of halogens is 3. The number of piperazine rings is 1. The number of carboxylic acid groups (broad SMARTS) is 1.